The SMILES string of the molecule is CCOC(=O)c1cnn(-c2cccc(C3=C(COc4ccc(C5CCN(C(=O)C6CC6)CC5)c(CC)c4)C(C)CCC3)n2)c1C. The van der Waals surface area contributed by atoms with Crippen molar-refractivity contribution in [3.63, 3.8) is 0 Å². The highest BCUT2D eigenvalue weighted by molar-refractivity contribution is 5.90. The molecule has 45 heavy (non-hydrogen) atoms. The molecule has 0 N–H and O–H groups in total. The molecule has 2 aromatic heterocycles. The summed E-state index contributed by atoms with van der Waals surface area (Å²) >= 11 is 0. The number of ether oxygens (including phenoxy) is 2. The first kappa shape index (κ1) is 31.1. The number of pyridine rings is 1. The fraction of sp³-hybridized carbons (Fsp3) is 0.514. The molecule has 1 aromatic carbocycles. The maximum absolute atomic E-state index is 12.5. The van der Waals surface area contributed by atoms with Crippen molar-refractivity contribution in [3.8, 4) is 11.6 Å². The summed E-state index contributed by atoms with van der Waals surface area (Å²) in [6, 6.07) is 12.6. The van der Waals surface area contributed by atoms with E-state index in [9.17, 15) is 9.59 Å². The first-order valence-electron chi connectivity index (χ1n) is 16.8. The minimum Gasteiger partial charge on any atom is -0.489 e. The molecule has 0 spiro atoms. The van der Waals surface area contributed by atoms with Crippen LogP contribution in [0.5, 0.6) is 5.75 Å². The number of allylic oxidation sites excluding steroid dienone is 1. The van der Waals surface area contributed by atoms with Gasteiger partial charge < -0.3 is 14.4 Å². The van der Waals surface area contributed by atoms with Crippen LogP contribution in [0.15, 0.2) is 48.2 Å². The van der Waals surface area contributed by atoms with Crippen LogP contribution in [-0.2, 0) is 16.0 Å². The van der Waals surface area contributed by atoms with Crippen LogP contribution in [0, 0.1) is 18.8 Å². The van der Waals surface area contributed by atoms with Gasteiger partial charge in [-0.15, -0.1) is 0 Å². The van der Waals surface area contributed by atoms with Gasteiger partial charge in [-0.2, -0.15) is 5.10 Å². The van der Waals surface area contributed by atoms with Crippen LogP contribution in [-0.4, -0.2) is 57.8 Å². The molecule has 6 rings (SSSR count). The maximum atomic E-state index is 12.5. The summed E-state index contributed by atoms with van der Waals surface area (Å²) in [6.07, 6.45) is 9.92. The summed E-state index contributed by atoms with van der Waals surface area (Å²) in [6.45, 7) is 10.8. The number of esters is 1. The number of aryl methyl sites for hydroxylation is 1. The molecule has 0 bridgehead atoms. The molecule has 1 unspecified atom stereocenters. The van der Waals surface area contributed by atoms with Crippen molar-refractivity contribution >= 4 is 17.4 Å². The largest absolute Gasteiger partial charge is 0.489 e. The number of nitrogens with zero attached hydrogens (tertiary/aromatic N) is 4. The number of rotatable bonds is 10. The van der Waals surface area contributed by atoms with E-state index in [1.165, 1.54) is 22.3 Å². The molecule has 1 amide bonds. The van der Waals surface area contributed by atoms with E-state index in [0.717, 1.165) is 75.9 Å². The van der Waals surface area contributed by atoms with Gasteiger partial charge >= 0.3 is 5.97 Å². The Hall–Kier alpha value is -3.94. The lowest BCUT2D eigenvalue weighted by atomic mass is 9.82. The van der Waals surface area contributed by atoms with Crippen molar-refractivity contribution in [2.45, 2.75) is 85.0 Å². The lowest BCUT2D eigenvalue weighted by Crippen LogP contribution is -2.38. The highest BCUT2D eigenvalue weighted by Gasteiger charge is 2.35. The molecule has 1 saturated carbocycles. The molecule has 1 saturated heterocycles. The Kier molecular flexibility index (Phi) is 9.38. The van der Waals surface area contributed by atoms with E-state index in [1.807, 2.05) is 19.1 Å². The molecule has 2 fully saturated rings. The molecule has 2 aliphatic carbocycles. The summed E-state index contributed by atoms with van der Waals surface area (Å²) in [7, 11) is 0. The summed E-state index contributed by atoms with van der Waals surface area (Å²) in [5, 5.41) is 4.46. The third-order valence-electron chi connectivity index (χ3n) is 9.87. The van der Waals surface area contributed by atoms with E-state index in [4.69, 9.17) is 14.5 Å². The molecular weight excluding hydrogens is 564 g/mol. The van der Waals surface area contributed by atoms with Crippen molar-refractivity contribution in [3.05, 3.63) is 76.2 Å². The van der Waals surface area contributed by atoms with Crippen LogP contribution in [0.4, 0.5) is 0 Å². The van der Waals surface area contributed by atoms with Crippen LogP contribution in [0.3, 0.4) is 0 Å². The van der Waals surface area contributed by atoms with E-state index in [-0.39, 0.29) is 5.97 Å². The highest BCUT2D eigenvalue weighted by atomic mass is 16.5. The van der Waals surface area contributed by atoms with Crippen LogP contribution < -0.4 is 4.74 Å². The van der Waals surface area contributed by atoms with Gasteiger partial charge in [-0.1, -0.05) is 26.0 Å². The van der Waals surface area contributed by atoms with E-state index in [1.54, 1.807) is 17.8 Å². The number of hydrogen-bond acceptors (Lipinski definition) is 6. The second kappa shape index (κ2) is 13.6. The number of carbonyl (C=O) groups is 2. The Morgan fingerprint density at radius 1 is 1.02 bits per heavy atom. The zero-order chi connectivity index (χ0) is 31.5. The fourth-order valence-corrected chi connectivity index (χ4v) is 7.04. The quantitative estimate of drug-likeness (QED) is 0.228. The van der Waals surface area contributed by atoms with Gasteiger partial charge in [0.05, 0.1) is 24.2 Å². The third kappa shape index (κ3) is 6.70. The summed E-state index contributed by atoms with van der Waals surface area (Å²) in [4.78, 5) is 32.0. The van der Waals surface area contributed by atoms with Gasteiger partial charge in [-0.05, 0) is 124 Å². The highest BCUT2D eigenvalue weighted by Crippen LogP contribution is 2.38. The Morgan fingerprint density at radius 2 is 1.82 bits per heavy atom. The number of aromatic nitrogens is 3. The van der Waals surface area contributed by atoms with Gasteiger partial charge in [-0.25, -0.2) is 14.5 Å². The number of amides is 1. The molecule has 3 aliphatic rings. The van der Waals surface area contributed by atoms with Crippen molar-refractivity contribution in [2.75, 3.05) is 26.3 Å². The van der Waals surface area contributed by atoms with Gasteiger partial charge in [0, 0.05) is 19.0 Å². The molecule has 3 aromatic rings. The second-order valence-electron chi connectivity index (χ2n) is 12.8. The van der Waals surface area contributed by atoms with Crippen LogP contribution in [0.25, 0.3) is 11.4 Å². The van der Waals surface area contributed by atoms with E-state index >= 15 is 0 Å². The molecular formula is C37H46N4O4. The van der Waals surface area contributed by atoms with E-state index in [2.05, 4.69) is 48.1 Å². The first-order valence-corrected chi connectivity index (χ1v) is 16.8. The number of benzene rings is 1. The van der Waals surface area contributed by atoms with E-state index < -0.39 is 0 Å². The predicted molar refractivity (Wildman–Crippen MR) is 175 cm³/mol. The standard InChI is InChI=1S/C37H46N4O4/c1-5-26-21-29(15-16-30(26)27-17-19-40(20-18-27)36(42)28-13-14-28)45-23-33-24(3)9-7-10-31(33)34-11-8-12-35(39-34)41-25(4)32(22-38-41)37(43)44-6-2/h8,11-12,15-16,21-22,24,27-28H,5-7,9-10,13-14,17-20,23H2,1-4H3. The summed E-state index contributed by atoms with van der Waals surface area (Å²) in [5.74, 6) is 2.78. The Balaban J connectivity index is 1.18. The molecule has 8 heteroatoms. The van der Waals surface area contributed by atoms with Crippen molar-refractivity contribution in [1.29, 1.82) is 0 Å². The minimum atomic E-state index is -0.370. The van der Waals surface area contributed by atoms with Gasteiger partial charge in [0.25, 0.3) is 0 Å². The third-order valence-corrected chi connectivity index (χ3v) is 9.87. The Bertz CT molecular complexity index is 1580. The fourth-order valence-electron chi connectivity index (χ4n) is 7.04. The number of carbonyl (C=O) groups excluding carboxylic acids is 2. The first-order chi connectivity index (χ1) is 21.9. The average Bonchev–Trinajstić information content (AvgIpc) is 3.85. The molecule has 8 nitrogen and oxygen atoms in total. The minimum absolute atomic E-state index is 0.304. The normalized spacial score (nSPS) is 19.1. The number of hydrogen-bond donors (Lipinski definition) is 0. The zero-order valence-corrected chi connectivity index (χ0v) is 27.2. The summed E-state index contributed by atoms with van der Waals surface area (Å²) in [5.41, 5.74) is 7.39. The molecule has 1 atom stereocenters. The Labute approximate surface area is 266 Å². The monoisotopic (exact) mass is 610 g/mol. The number of piperidine rings is 1. The lowest BCUT2D eigenvalue weighted by Gasteiger charge is -2.33. The van der Waals surface area contributed by atoms with Gasteiger partial charge in [0.15, 0.2) is 5.82 Å². The van der Waals surface area contributed by atoms with Crippen molar-refractivity contribution < 1.29 is 19.1 Å². The maximum Gasteiger partial charge on any atom is 0.341 e. The zero-order valence-electron chi connectivity index (χ0n) is 27.2. The molecule has 238 valence electrons. The number of likely N-dealkylation sites (tertiary alicyclic amines) is 1. The molecule has 1 aliphatic heterocycles. The molecule has 0 radical (unpaired) electrons. The van der Waals surface area contributed by atoms with Crippen LogP contribution in [0.2, 0.25) is 0 Å². The average molecular weight is 611 g/mol. The molecule has 3 heterocycles. The van der Waals surface area contributed by atoms with Crippen molar-refractivity contribution in [1.82, 2.24) is 19.7 Å². The second-order valence-corrected chi connectivity index (χ2v) is 12.8. The van der Waals surface area contributed by atoms with Gasteiger partial charge in [0.2, 0.25) is 5.91 Å². The van der Waals surface area contributed by atoms with Crippen LogP contribution in [0.1, 0.15) is 105 Å². The Morgan fingerprint density at radius 3 is 2.56 bits per heavy atom. The summed E-state index contributed by atoms with van der Waals surface area (Å²) < 4.78 is 13.4. The predicted octanol–water partition coefficient (Wildman–Crippen LogP) is 7.08. The van der Waals surface area contributed by atoms with Crippen molar-refractivity contribution in [2.24, 2.45) is 11.8 Å². The van der Waals surface area contributed by atoms with Gasteiger partial charge in [0.1, 0.15) is 17.9 Å². The smallest absolute Gasteiger partial charge is 0.341 e. The lowest BCUT2D eigenvalue weighted by molar-refractivity contribution is -0.133. The van der Waals surface area contributed by atoms with Crippen LogP contribution >= 0.6 is 0 Å². The topological polar surface area (TPSA) is 86.5 Å². The van der Waals surface area contributed by atoms with Gasteiger partial charge in [-0.3, -0.25) is 4.79 Å². The van der Waals surface area contributed by atoms with E-state index in [0.29, 0.717) is 53.9 Å².